The van der Waals surface area contributed by atoms with Gasteiger partial charge in [-0.2, -0.15) is 0 Å². The van der Waals surface area contributed by atoms with E-state index in [1.807, 2.05) is 55.5 Å². The fourth-order valence-corrected chi connectivity index (χ4v) is 1.54. The Morgan fingerprint density at radius 1 is 0.889 bits per heavy atom. The minimum atomic E-state index is 0.497. The van der Waals surface area contributed by atoms with Crippen molar-refractivity contribution in [3.63, 3.8) is 0 Å². The summed E-state index contributed by atoms with van der Waals surface area (Å²) >= 11 is 0. The summed E-state index contributed by atoms with van der Waals surface area (Å²) in [7, 11) is 0. The molecule has 0 aromatic heterocycles. The third-order valence-electron chi connectivity index (χ3n) is 2.61. The number of nitrogens with two attached hydrogens (primary N) is 1. The normalized spacial score (nSPS) is 10.1. The van der Waals surface area contributed by atoms with Crippen molar-refractivity contribution in [3.8, 4) is 11.5 Å². The summed E-state index contributed by atoms with van der Waals surface area (Å²) in [5.41, 5.74) is 7.61. The van der Waals surface area contributed by atoms with Gasteiger partial charge in [0.15, 0.2) is 0 Å². The highest BCUT2D eigenvalue weighted by molar-refractivity contribution is 5.50. The van der Waals surface area contributed by atoms with Gasteiger partial charge < -0.3 is 15.2 Å². The Bertz CT molecular complexity index is 497. The number of benzene rings is 2. The predicted octanol–water partition coefficient (Wildman–Crippen LogP) is 3.04. The molecule has 0 aliphatic heterocycles. The first kappa shape index (κ1) is 12.3. The van der Waals surface area contributed by atoms with Gasteiger partial charge in [-0.05, 0) is 30.7 Å². The molecule has 0 bridgehead atoms. The standard InChI is InChI=1S/C15H17NO2/c1-12-7-8-14(11-15(12)16)18-10-9-17-13-5-3-2-4-6-13/h2-8,11H,9-10,16H2,1H3. The third kappa shape index (κ3) is 3.42. The van der Waals surface area contributed by atoms with E-state index >= 15 is 0 Å². The lowest BCUT2D eigenvalue weighted by molar-refractivity contribution is 0.217. The van der Waals surface area contributed by atoms with Crippen molar-refractivity contribution in [2.24, 2.45) is 0 Å². The van der Waals surface area contributed by atoms with Gasteiger partial charge in [-0.15, -0.1) is 0 Å². The van der Waals surface area contributed by atoms with Crippen LogP contribution in [0.2, 0.25) is 0 Å². The van der Waals surface area contributed by atoms with E-state index in [0.29, 0.717) is 13.2 Å². The molecule has 0 spiro atoms. The first-order valence-corrected chi connectivity index (χ1v) is 5.92. The fraction of sp³-hybridized carbons (Fsp3) is 0.200. The molecule has 0 aliphatic carbocycles. The molecule has 0 saturated carbocycles. The highest BCUT2D eigenvalue weighted by Crippen LogP contribution is 2.18. The van der Waals surface area contributed by atoms with E-state index in [-0.39, 0.29) is 0 Å². The molecule has 0 fully saturated rings. The Balaban J connectivity index is 1.77. The maximum atomic E-state index is 5.80. The zero-order chi connectivity index (χ0) is 12.8. The monoisotopic (exact) mass is 243 g/mol. The van der Waals surface area contributed by atoms with Crippen LogP contribution in [0.25, 0.3) is 0 Å². The van der Waals surface area contributed by atoms with Crippen LogP contribution < -0.4 is 15.2 Å². The molecule has 0 radical (unpaired) electrons. The van der Waals surface area contributed by atoms with Gasteiger partial charge in [0.05, 0.1) is 0 Å². The van der Waals surface area contributed by atoms with Crippen molar-refractivity contribution >= 4 is 5.69 Å². The topological polar surface area (TPSA) is 44.5 Å². The highest BCUT2D eigenvalue weighted by atomic mass is 16.5. The van der Waals surface area contributed by atoms with Gasteiger partial charge in [-0.25, -0.2) is 0 Å². The molecule has 3 heteroatoms. The molecule has 0 amide bonds. The molecule has 0 aliphatic rings. The number of aryl methyl sites for hydroxylation is 1. The predicted molar refractivity (Wildman–Crippen MR) is 73.0 cm³/mol. The molecule has 0 atom stereocenters. The lowest BCUT2D eigenvalue weighted by Crippen LogP contribution is -2.09. The lowest BCUT2D eigenvalue weighted by atomic mass is 10.2. The van der Waals surface area contributed by atoms with E-state index in [1.54, 1.807) is 0 Å². The Kier molecular flexibility index (Phi) is 4.07. The highest BCUT2D eigenvalue weighted by Gasteiger charge is 1.98. The molecule has 2 N–H and O–H groups in total. The van der Waals surface area contributed by atoms with Gasteiger partial charge in [0.2, 0.25) is 0 Å². The molecule has 18 heavy (non-hydrogen) atoms. The van der Waals surface area contributed by atoms with Crippen LogP contribution in [0, 0.1) is 6.92 Å². The van der Waals surface area contributed by atoms with Gasteiger partial charge in [0.25, 0.3) is 0 Å². The summed E-state index contributed by atoms with van der Waals surface area (Å²) in [4.78, 5) is 0. The Labute approximate surface area is 107 Å². The summed E-state index contributed by atoms with van der Waals surface area (Å²) in [6.07, 6.45) is 0. The zero-order valence-corrected chi connectivity index (χ0v) is 10.4. The van der Waals surface area contributed by atoms with Crippen molar-refractivity contribution < 1.29 is 9.47 Å². The van der Waals surface area contributed by atoms with Gasteiger partial charge in [-0.3, -0.25) is 0 Å². The summed E-state index contributed by atoms with van der Waals surface area (Å²) < 4.78 is 11.1. The van der Waals surface area contributed by atoms with Crippen molar-refractivity contribution in [1.29, 1.82) is 0 Å². The third-order valence-corrected chi connectivity index (χ3v) is 2.61. The number of ether oxygens (including phenoxy) is 2. The SMILES string of the molecule is Cc1ccc(OCCOc2ccccc2)cc1N. The Morgan fingerprint density at radius 3 is 2.22 bits per heavy atom. The van der Waals surface area contributed by atoms with Gasteiger partial charge in [0, 0.05) is 11.8 Å². The van der Waals surface area contributed by atoms with Gasteiger partial charge in [-0.1, -0.05) is 24.3 Å². The average molecular weight is 243 g/mol. The maximum absolute atomic E-state index is 5.80. The van der Waals surface area contributed by atoms with Crippen LogP contribution in [0.3, 0.4) is 0 Å². The van der Waals surface area contributed by atoms with Crippen LogP contribution in [-0.4, -0.2) is 13.2 Å². The summed E-state index contributed by atoms with van der Waals surface area (Å²) in [5, 5.41) is 0. The van der Waals surface area contributed by atoms with Crippen LogP contribution in [0.1, 0.15) is 5.56 Å². The quantitative estimate of drug-likeness (QED) is 0.648. The minimum absolute atomic E-state index is 0.497. The first-order valence-electron chi connectivity index (χ1n) is 5.92. The number of hydrogen-bond acceptors (Lipinski definition) is 3. The molecular formula is C15H17NO2. The van der Waals surface area contributed by atoms with Crippen LogP contribution in [0.5, 0.6) is 11.5 Å². The van der Waals surface area contributed by atoms with Crippen LogP contribution >= 0.6 is 0 Å². The second-order valence-corrected chi connectivity index (χ2v) is 4.03. The molecule has 0 saturated heterocycles. The smallest absolute Gasteiger partial charge is 0.122 e. The summed E-state index contributed by atoms with van der Waals surface area (Å²) in [5.74, 6) is 1.62. The van der Waals surface area contributed by atoms with Crippen molar-refractivity contribution in [2.45, 2.75) is 6.92 Å². The number of hydrogen-bond donors (Lipinski definition) is 1. The lowest BCUT2D eigenvalue weighted by Gasteiger charge is -2.09. The molecule has 0 heterocycles. The number of anilines is 1. The number of nitrogen functional groups attached to an aromatic ring is 1. The second-order valence-electron chi connectivity index (χ2n) is 4.03. The molecular weight excluding hydrogens is 226 g/mol. The molecule has 2 aromatic carbocycles. The van der Waals surface area contributed by atoms with E-state index in [4.69, 9.17) is 15.2 Å². The zero-order valence-electron chi connectivity index (χ0n) is 10.4. The van der Waals surface area contributed by atoms with Crippen LogP contribution in [0.4, 0.5) is 5.69 Å². The Hall–Kier alpha value is -2.16. The Morgan fingerprint density at radius 2 is 1.56 bits per heavy atom. The van der Waals surface area contributed by atoms with E-state index in [9.17, 15) is 0 Å². The van der Waals surface area contributed by atoms with E-state index in [1.165, 1.54) is 0 Å². The first-order chi connectivity index (χ1) is 8.75. The molecule has 94 valence electrons. The van der Waals surface area contributed by atoms with Crippen LogP contribution in [-0.2, 0) is 0 Å². The van der Waals surface area contributed by atoms with E-state index in [2.05, 4.69) is 0 Å². The van der Waals surface area contributed by atoms with Crippen molar-refractivity contribution in [1.82, 2.24) is 0 Å². The van der Waals surface area contributed by atoms with Gasteiger partial charge in [0.1, 0.15) is 24.7 Å². The maximum Gasteiger partial charge on any atom is 0.122 e. The van der Waals surface area contributed by atoms with E-state index < -0.39 is 0 Å². The molecule has 3 nitrogen and oxygen atoms in total. The molecule has 2 rings (SSSR count). The summed E-state index contributed by atoms with van der Waals surface area (Å²) in [6.45, 7) is 2.98. The molecule has 0 unspecified atom stereocenters. The largest absolute Gasteiger partial charge is 0.490 e. The second kappa shape index (κ2) is 5.96. The van der Waals surface area contributed by atoms with Gasteiger partial charge >= 0.3 is 0 Å². The minimum Gasteiger partial charge on any atom is -0.490 e. The van der Waals surface area contributed by atoms with E-state index in [0.717, 1.165) is 22.7 Å². The molecule has 2 aromatic rings. The number of rotatable bonds is 5. The van der Waals surface area contributed by atoms with Crippen molar-refractivity contribution in [2.75, 3.05) is 18.9 Å². The fourth-order valence-electron chi connectivity index (χ4n) is 1.54. The number of para-hydroxylation sites is 1. The summed E-state index contributed by atoms with van der Waals surface area (Å²) in [6, 6.07) is 15.4. The van der Waals surface area contributed by atoms with Crippen LogP contribution in [0.15, 0.2) is 48.5 Å². The van der Waals surface area contributed by atoms with Crippen molar-refractivity contribution in [3.05, 3.63) is 54.1 Å². The average Bonchev–Trinajstić information content (AvgIpc) is 2.40.